The Morgan fingerprint density at radius 1 is 1.08 bits per heavy atom. The molecule has 0 bridgehead atoms. The number of ether oxygens (including phenoxy) is 1. The van der Waals surface area contributed by atoms with Crippen LogP contribution in [0.3, 0.4) is 0 Å². The van der Waals surface area contributed by atoms with E-state index in [9.17, 15) is 18.0 Å². The van der Waals surface area contributed by atoms with Crippen molar-refractivity contribution < 1.29 is 22.7 Å². The Morgan fingerprint density at radius 3 is 2.56 bits per heavy atom. The fourth-order valence-corrected chi connectivity index (χ4v) is 5.18. The van der Waals surface area contributed by atoms with Gasteiger partial charge in [-0.15, -0.1) is 0 Å². The van der Waals surface area contributed by atoms with Crippen molar-refractivity contribution in [1.82, 2.24) is 10.0 Å². The Morgan fingerprint density at radius 2 is 1.81 bits per heavy atom. The Bertz CT molecular complexity index is 1390. The van der Waals surface area contributed by atoms with Crippen molar-refractivity contribution in [3.8, 4) is 5.75 Å². The van der Waals surface area contributed by atoms with Gasteiger partial charge in [0.15, 0.2) is 0 Å². The molecule has 0 fully saturated rings. The molecule has 3 aromatic rings. The van der Waals surface area contributed by atoms with Crippen molar-refractivity contribution in [2.75, 3.05) is 18.6 Å². The third kappa shape index (κ3) is 5.58. The molecule has 0 saturated heterocycles. The molecule has 1 aliphatic rings. The molecule has 1 heterocycles. The van der Waals surface area contributed by atoms with Gasteiger partial charge in [-0.2, -0.15) is 0 Å². The lowest BCUT2D eigenvalue weighted by Gasteiger charge is -2.25. The number of carbonyl (C=O) groups is 2. The average molecular weight is 506 g/mol. The van der Waals surface area contributed by atoms with Gasteiger partial charge in [0.05, 0.1) is 11.5 Å². The van der Waals surface area contributed by atoms with E-state index in [-0.39, 0.29) is 11.3 Å². The molecule has 36 heavy (non-hydrogen) atoms. The largest absolute Gasteiger partial charge is 0.493 e. The van der Waals surface area contributed by atoms with E-state index in [0.29, 0.717) is 17.9 Å². The molecule has 0 aromatic heterocycles. The van der Waals surface area contributed by atoms with E-state index in [1.807, 2.05) is 47.2 Å². The minimum atomic E-state index is -4.20. The van der Waals surface area contributed by atoms with E-state index in [0.717, 1.165) is 23.3 Å². The monoisotopic (exact) mass is 505 g/mol. The molecule has 0 unspecified atom stereocenters. The first-order valence-corrected chi connectivity index (χ1v) is 12.9. The van der Waals surface area contributed by atoms with Crippen molar-refractivity contribution in [3.05, 3.63) is 96.1 Å². The number of hydrogen-bond donors (Lipinski definition) is 2. The fourth-order valence-electron chi connectivity index (χ4n) is 4.05. The summed E-state index contributed by atoms with van der Waals surface area (Å²) >= 11 is 0. The van der Waals surface area contributed by atoms with E-state index in [1.54, 1.807) is 31.3 Å². The molecule has 3 aromatic carbocycles. The number of anilines is 1. The van der Waals surface area contributed by atoms with Gasteiger partial charge >= 0.3 is 6.03 Å². The maximum absolute atomic E-state index is 13.5. The van der Waals surface area contributed by atoms with Gasteiger partial charge in [-0.1, -0.05) is 61.2 Å². The lowest BCUT2D eigenvalue weighted by atomic mass is 10.0. The summed E-state index contributed by atoms with van der Waals surface area (Å²) in [5, 5.41) is 2.56. The maximum Gasteiger partial charge on any atom is 0.329 e. The molecule has 9 heteroatoms. The molecule has 4 rings (SSSR count). The minimum Gasteiger partial charge on any atom is -0.493 e. The van der Waals surface area contributed by atoms with Crippen molar-refractivity contribution >= 4 is 33.7 Å². The van der Waals surface area contributed by atoms with Crippen LogP contribution in [0.1, 0.15) is 16.7 Å². The molecule has 0 aliphatic carbocycles. The van der Waals surface area contributed by atoms with Crippen LogP contribution in [0.2, 0.25) is 0 Å². The second-order valence-corrected chi connectivity index (χ2v) is 10.0. The number of fused-ring (bicyclic) bond motifs is 1. The van der Waals surface area contributed by atoms with Crippen LogP contribution in [-0.4, -0.2) is 40.1 Å². The molecule has 0 spiro atoms. The molecule has 8 nitrogen and oxygen atoms in total. The van der Waals surface area contributed by atoms with Gasteiger partial charge in [0.25, 0.3) is 10.0 Å². The molecule has 1 atom stereocenters. The van der Waals surface area contributed by atoms with Crippen molar-refractivity contribution in [2.24, 2.45) is 0 Å². The number of urea groups is 1. The Labute approximate surface area is 210 Å². The molecule has 0 radical (unpaired) electrons. The minimum absolute atomic E-state index is 0.0847. The summed E-state index contributed by atoms with van der Waals surface area (Å²) in [6.45, 7) is 4.22. The summed E-state index contributed by atoms with van der Waals surface area (Å²) in [5.41, 5.74) is 2.82. The van der Waals surface area contributed by atoms with Crippen LogP contribution in [0, 0.1) is 0 Å². The standard InChI is InChI=1S/C27H27N3O5S/c1-3-20-11-7-8-12-25(20)36(33,34)29-27(32)28-23(17-19-9-5-4-6-10-19)26(31)30(2)22-13-14-24-21(18-22)15-16-35-24/h3-14,18,23H,1,15-17H2,2H3,(H2,28,29,32)/t23-/m0/s1. The number of hydrogen-bond acceptors (Lipinski definition) is 5. The molecule has 0 saturated carbocycles. The third-order valence-electron chi connectivity index (χ3n) is 5.93. The van der Waals surface area contributed by atoms with Gasteiger partial charge in [0.2, 0.25) is 5.91 Å². The lowest BCUT2D eigenvalue weighted by Crippen LogP contribution is -2.52. The summed E-state index contributed by atoms with van der Waals surface area (Å²) < 4.78 is 33.3. The third-order valence-corrected chi connectivity index (χ3v) is 7.34. The molecular weight excluding hydrogens is 478 g/mol. The number of nitrogens with zero attached hydrogens (tertiary/aromatic N) is 1. The van der Waals surface area contributed by atoms with Crippen molar-refractivity contribution in [2.45, 2.75) is 23.8 Å². The second kappa shape index (κ2) is 10.7. The highest BCUT2D eigenvalue weighted by Gasteiger charge is 2.28. The summed E-state index contributed by atoms with van der Waals surface area (Å²) in [4.78, 5) is 27.7. The van der Waals surface area contributed by atoms with Crippen molar-refractivity contribution in [3.63, 3.8) is 0 Å². The number of rotatable bonds is 8. The Kier molecular flexibility index (Phi) is 7.40. The second-order valence-electron chi connectivity index (χ2n) is 8.35. The lowest BCUT2D eigenvalue weighted by molar-refractivity contribution is -0.120. The van der Waals surface area contributed by atoms with Crippen LogP contribution >= 0.6 is 0 Å². The molecule has 186 valence electrons. The van der Waals surface area contributed by atoms with Gasteiger partial charge in [0.1, 0.15) is 11.8 Å². The Balaban J connectivity index is 1.55. The first kappa shape index (κ1) is 25.0. The first-order valence-electron chi connectivity index (χ1n) is 11.4. The highest BCUT2D eigenvalue weighted by Crippen LogP contribution is 2.29. The predicted octanol–water partition coefficient (Wildman–Crippen LogP) is 3.53. The zero-order chi connectivity index (χ0) is 25.7. The van der Waals surface area contributed by atoms with E-state index < -0.39 is 28.0 Å². The normalized spacial score (nSPS) is 13.1. The van der Waals surface area contributed by atoms with E-state index in [2.05, 4.69) is 11.9 Å². The van der Waals surface area contributed by atoms with Gasteiger partial charge in [-0.25, -0.2) is 17.9 Å². The number of likely N-dealkylation sites (N-methyl/N-ethyl adjacent to an activating group) is 1. The average Bonchev–Trinajstić information content (AvgIpc) is 3.35. The maximum atomic E-state index is 13.5. The van der Waals surface area contributed by atoms with Crippen LogP contribution in [0.4, 0.5) is 10.5 Å². The number of benzene rings is 3. The highest BCUT2D eigenvalue weighted by molar-refractivity contribution is 7.90. The summed E-state index contributed by atoms with van der Waals surface area (Å²) in [5.74, 6) is 0.403. The smallest absolute Gasteiger partial charge is 0.329 e. The van der Waals surface area contributed by atoms with Crippen LogP contribution in [0.25, 0.3) is 6.08 Å². The molecule has 2 N–H and O–H groups in total. The van der Waals surface area contributed by atoms with Crippen molar-refractivity contribution in [1.29, 1.82) is 0 Å². The Hall–Kier alpha value is -4.11. The molecule has 3 amide bonds. The quantitative estimate of drug-likeness (QED) is 0.487. The fraction of sp³-hybridized carbons (Fsp3) is 0.185. The topological polar surface area (TPSA) is 105 Å². The highest BCUT2D eigenvalue weighted by atomic mass is 32.2. The predicted molar refractivity (Wildman–Crippen MR) is 138 cm³/mol. The SMILES string of the molecule is C=Cc1ccccc1S(=O)(=O)NC(=O)N[C@@H](Cc1ccccc1)C(=O)N(C)c1ccc2c(c1)CCO2. The van der Waals surface area contributed by atoms with Gasteiger partial charge in [-0.05, 0) is 41.0 Å². The van der Waals surface area contributed by atoms with Crippen LogP contribution in [-0.2, 0) is 27.7 Å². The number of amides is 3. The van der Waals surface area contributed by atoms with Gasteiger partial charge in [0, 0.05) is 25.6 Å². The summed E-state index contributed by atoms with van der Waals surface area (Å²) in [6.07, 6.45) is 2.32. The summed E-state index contributed by atoms with van der Waals surface area (Å²) in [7, 11) is -2.58. The molecular formula is C27H27N3O5S. The van der Waals surface area contributed by atoms with E-state index in [4.69, 9.17) is 4.74 Å². The van der Waals surface area contributed by atoms with Crippen LogP contribution in [0.5, 0.6) is 5.75 Å². The zero-order valence-electron chi connectivity index (χ0n) is 19.8. The van der Waals surface area contributed by atoms with Crippen LogP contribution in [0.15, 0.2) is 84.3 Å². The van der Waals surface area contributed by atoms with Crippen LogP contribution < -0.4 is 19.7 Å². The van der Waals surface area contributed by atoms with Gasteiger partial charge in [-0.3, -0.25) is 4.79 Å². The first-order chi connectivity index (χ1) is 17.3. The van der Waals surface area contributed by atoms with E-state index in [1.165, 1.54) is 17.0 Å². The number of sulfonamides is 1. The summed E-state index contributed by atoms with van der Waals surface area (Å²) in [6, 6.07) is 18.8. The van der Waals surface area contributed by atoms with Gasteiger partial charge < -0.3 is 15.0 Å². The van der Waals surface area contributed by atoms with E-state index >= 15 is 0 Å². The number of nitrogens with one attached hydrogen (secondary N) is 2. The number of carbonyl (C=O) groups excluding carboxylic acids is 2. The zero-order valence-corrected chi connectivity index (χ0v) is 20.6. The molecule has 1 aliphatic heterocycles.